The van der Waals surface area contributed by atoms with Gasteiger partial charge in [0.1, 0.15) is 12.0 Å². The van der Waals surface area contributed by atoms with Crippen LogP contribution in [0.25, 0.3) is 0 Å². The second kappa shape index (κ2) is 8.04. The molecule has 1 amide bonds. The van der Waals surface area contributed by atoms with E-state index < -0.39 is 10.8 Å². The maximum Gasteiger partial charge on any atom is 0.288 e. The zero-order valence-electron chi connectivity index (χ0n) is 16.1. The number of piperazine rings is 1. The van der Waals surface area contributed by atoms with Crippen molar-refractivity contribution in [2.75, 3.05) is 42.9 Å². The molecule has 1 saturated carbocycles. The Bertz CT molecular complexity index is 922. The monoisotopic (exact) mass is 396 g/mol. The van der Waals surface area contributed by atoms with Crippen LogP contribution in [0.2, 0.25) is 0 Å². The van der Waals surface area contributed by atoms with Crippen molar-refractivity contribution in [2.24, 2.45) is 11.7 Å². The van der Waals surface area contributed by atoms with E-state index in [-0.39, 0.29) is 17.1 Å². The summed E-state index contributed by atoms with van der Waals surface area (Å²) in [6, 6.07) is 8.98. The number of nitrogens with two attached hydrogens (primary N) is 1. The van der Waals surface area contributed by atoms with Crippen molar-refractivity contribution in [2.45, 2.75) is 12.8 Å². The second-order valence-corrected chi connectivity index (χ2v) is 7.62. The number of nitrogens with zero attached hydrogens (tertiary/aromatic N) is 4. The van der Waals surface area contributed by atoms with Gasteiger partial charge in [-0.1, -0.05) is 6.07 Å². The smallest absolute Gasteiger partial charge is 0.288 e. The molecule has 0 atom stereocenters. The van der Waals surface area contributed by atoms with E-state index in [0.717, 1.165) is 55.7 Å². The largest absolute Gasteiger partial charge is 0.369 e. The molecule has 0 spiro atoms. The number of nitro groups is 1. The van der Waals surface area contributed by atoms with Gasteiger partial charge in [0.25, 0.3) is 11.6 Å². The molecule has 1 aromatic heterocycles. The summed E-state index contributed by atoms with van der Waals surface area (Å²) in [5, 5.41) is 14.0. The quantitative estimate of drug-likeness (QED) is 0.545. The molecule has 9 nitrogen and oxygen atoms in total. The standard InChI is InChI=1S/C20H24N6O3/c21-19(27)18-11-17(26(28)29)12-22-20(18)23-15-2-1-3-16(10-15)25-8-6-24(7-9-25)13-14-4-5-14/h1-3,10-12,14H,4-9,13H2,(H2,21,27)(H,22,23). The second-order valence-electron chi connectivity index (χ2n) is 7.62. The lowest BCUT2D eigenvalue weighted by Gasteiger charge is -2.36. The lowest BCUT2D eigenvalue weighted by Crippen LogP contribution is -2.47. The van der Waals surface area contributed by atoms with Crippen LogP contribution in [0.15, 0.2) is 36.5 Å². The van der Waals surface area contributed by atoms with Gasteiger partial charge in [0.05, 0.1) is 10.5 Å². The molecule has 3 N–H and O–H groups in total. The van der Waals surface area contributed by atoms with E-state index in [2.05, 4.69) is 26.2 Å². The molecule has 0 bridgehead atoms. The van der Waals surface area contributed by atoms with Crippen LogP contribution in [0.1, 0.15) is 23.2 Å². The fourth-order valence-corrected chi connectivity index (χ4v) is 3.61. The van der Waals surface area contributed by atoms with Gasteiger partial charge >= 0.3 is 0 Å². The summed E-state index contributed by atoms with van der Waals surface area (Å²) in [7, 11) is 0. The average molecular weight is 396 g/mol. The predicted molar refractivity (Wildman–Crippen MR) is 111 cm³/mol. The minimum Gasteiger partial charge on any atom is -0.369 e. The Morgan fingerprint density at radius 2 is 2.00 bits per heavy atom. The van der Waals surface area contributed by atoms with Crippen molar-refractivity contribution in [1.29, 1.82) is 0 Å². The van der Waals surface area contributed by atoms with E-state index in [4.69, 9.17) is 5.73 Å². The third-order valence-corrected chi connectivity index (χ3v) is 5.41. The van der Waals surface area contributed by atoms with Crippen LogP contribution in [-0.2, 0) is 0 Å². The molecule has 29 heavy (non-hydrogen) atoms. The molecule has 1 aliphatic heterocycles. The molecule has 1 saturated heterocycles. The highest BCUT2D eigenvalue weighted by Gasteiger charge is 2.26. The first-order valence-electron chi connectivity index (χ1n) is 9.78. The first-order valence-corrected chi connectivity index (χ1v) is 9.78. The van der Waals surface area contributed by atoms with Crippen LogP contribution in [0.3, 0.4) is 0 Å². The van der Waals surface area contributed by atoms with E-state index in [1.807, 2.05) is 18.2 Å². The van der Waals surface area contributed by atoms with E-state index >= 15 is 0 Å². The van der Waals surface area contributed by atoms with Crippen LogP contribution in [0, 0.1) is 16.0 Å². The molecule has 4 rings (SSSR count). The number of amides is 1. The normalized spacial score (nSPS) is 17.2. The molecule has 1 aromatic carbocycles. The highest BCUT2D eigenvalue weighted by molar-refractivity contribution is 5.98. The minimum atomic E-state index is -0.772. The number of anilines is 3. The lowest BCUT2D eigenvalue weighted by atomic mass is 10.2. The zero-order chi connectivity index (χ0) is 20.4. The Morgan fingerprint density at radius 3 is 2.66 bits per heavy atom. The van der Waals surface area contributed by atoms with Gasteiger partial charge in [-0.3, -0.25) is 19.8 Å². The number of aromatic nitrogens is 1. The van der Waals surface area contributed by atoms with Gasteiger partial charge in [0, 0.05) is 50.2 Å². The molecule has 0 radical (unpaired) electrons. The van der Waals surface area contributed by atoms with Crippen molar-refractivity contribution in [3.05, 3.63) is 52.2 Å². The molecule has 2 aliphatic rings. The van der Waals surface area contributed by atoms with Crippen LogP contribution >= 0.6 is 0 Å². The first-order chi connectivity index (χ1) is 14.0. The summed E-state index contributed by atoms with van der Waals surface area (Å²) in [5.74, 6) is 0.337. The van der Waals surface area contributed by atoms with Gasteiger partial charge in [-0.05, 0) is 37.0 Å². The number of carbonyl (C=O) groups excluding carboxylic acids is 1. The lowest BCUT2D eigenvalue weighted by molar-refractivity contribution is -0.385. The Kier molecular flexibility index (Phi) is 5.30. The minimum absolute atomic E-state index is 0.0155. The zero-order valence-corrected chi connectivity index (χ0v) is 16.1. The van der Waals surface area contributed by atoms with Crippen molar-refractivity contribution in [3.63, 3.8) is 0 Å². The number of hydrogen-bond donors (Lipinski definition) is 2. The van der Waals surface area contributed by atoms with Crippen molar-refractivity contribution in [3.8, 4) is 0 Å². The van der Waals surface area contributed by atoms with E-state index in [0.29, 0.717) is 0 Å². The molecule has 1 aliphatic carbocycles. The molecule has 0 unspecified atom stereocenters. The van der Waals surface area contributed by atoms with E-state index in [1.165, 1.54) is 19.4 Å². The average Bonchev–Trinajstić information content (AvgIpc) is 3.53. The molecule has 2 aromatic rings. The predicted octanol–water partition coefficient (Wildman–Crippen LogP) is 2.36. The fourth-order valence-electron chi connectivity index (χ4n) is 3.61. The SMILES string of the molecule is NC(=O)c1cc([N+](=O)[O-])cnc1Nc1cccc(N2CCN(CC3CC3)CC2)c1. The Hall–Kier alpha value is -3.20. The third kappa shape index (κ3) is 4.62. The number of rotatable bonds is 7. The van der Waals surface area contributed by atoms with Crippen LogP contribution in [-0.4, -0.2) is 53.4 Å². The maximum absolute atomic E-state index is 11.7. The first kappa shape index (κ1) is 19.1. The highest BCUT2D eigenvalue weighted by atomic mass is 16.6. The van der Waals surface area contributed by atoms with Crippen molar-refractivity contribution in [1.82, 2.24) is 9.88 Å². The van der Waals surface area contributed by atoms with E-state index in [9.17, 15) is 14.9 Å². The van der Waals surface area contributed by atoms with Gasteiger partial charge in [-0.15, -0.1) is 0 Å². The van der Waals surface area contributed by atoms with Gasteiger partial charge < -0.3 is 16.0 Å². The summed E-state index contributed by atoms with van der Waals surface area (Å²) in [6.45, 7) is 5.28. The topological polar surface area (TPSA) is 118 Å². The van der Waals surface area contributed by atoms with Gasteiger partial charge in [0.15, 0.2) is 0 Å². The summed E-state index contributed by atoms with van der Waals surface area (Å²) < 4.78 is 0. The highest BCUT2D eigenvalue weighted by Crippen LogP contribution is 2.30. The summed E-state index contributed by atoms with van der Waals surface area (Å²) in [5.41, 5.74) is 6.92. The molecular weight excluding hydrogens is 372 g/mol. The van der Waals surface area contributed by atoms with Gasteiger partial charge in [-0.25, -0.2) is 4.98 Å². The number of carbonyl (C=O) groups is 1. The molecule has 152 valence electrons. The van der Waals surface area contributed by atoms with Crippen LogP contribution in [0.5, 0.6) is 0 Å². The number of benzene rings is 1. The fraction of sp³-hybridized carbons (Fsp3) is 0.400. The molecule has 2 fully saturated rings. The summed E-state index contributed by atoms with van der Waals surface area (Å²) >= 11 is 0. The van der Waals surface area contributed by atoms with Crippen molar-refractivity contribution >= 4 is 28.8 Å². The summed E-state index contributed by atoms with van der Waals surface area (Å²) in [6.07, 6.45) is 3.85. The Balaban J connectivity index is 1.46. The Labute approximate surface area is 168 Å². The number of nitrogens with one attached hydrogen (secondary N) is 1. The maximum atomic E-state index is 11.7. The number of primary amides is 1. The van der Waals surface area contributed by atoms with Crippen LogP contribution in [0.4, 0.5) is 22.9 Å². The van der Waals surface area contributed by atoms with Crippen LogP contribution < -0.4 is 16.0 Å². The molecule has 9 heteroatoms. The van der Waals surface area contributed by atoms with E-state index in [1.54, 1.807) is 0 Å². The summed E-state index contributed by atoms with van der Waals surface area (Å²) in [4.78, 5) is 31.0. The number of hydrogen-bond acceptors (Lipinski definition) is 7. The van der Waals surface area contributed by atoms with Crippen molar-refractivity contribution < 1.29 is 9.72 Å². The van der Waals surface area contributed by atoms with Gasteiger partial charge in [0.2, 0.25) is 0 Å². The third-order valence-electron chi connectivity index (χ3n) is 5.41. The number of pyridine rings is 1. The molecule has 2 heterocycles. The van der Waals surface area contributed by atoms with Gasteiger partial charge in [-0.2, -0.15) is 0 Å². The Morgan fingerprint density at radius 1 is 1.24 bits per heavy atom. The molecular formula is C20H24N6O3.